The van der Waals surface area contributed by atoms with Gasteiger partial charge in [-0.2, -0.15) is 11.8 Å². The molecular formula is C13H14ClNO3S. The summed E-state index contributed by atoms with van der Waals surface area (Å²) in [6, 6.07) is 5.13. The molecule has 1 unspecified atom stereocenters. The number of nitrogens with one attached hydrogen (secondary N) is 1. The maximum Gasteiger partial charge on any atom is 0.330 e. The second-order valence-electron chi connectivity index (χ2n) is 4.58. The number of carbonyl (C=O) groups excluding carboxylic acids is 1. The highest BCUT2D eigenvalue weighted by Crippen LogP contribution is 2.29. The Morgan fingerprint density at radius 1 is 1.47 bits per heavy atom. The Kier molecular flexibility index (Phi) is 4.06. The third kappa shape index (κ3) is 2.72. The molecular weight excluding hydrogens is 286 g/mol. The summed E-state index contributed by atoms with van der Waals surface area (Å²) in [5.41, 5.74) is -0.0619. The molecule has 1 fully saturated rings. The zero-order valence-electron chi connectivity index (χ0n) is 10.4. The monoisotopic (exact) mass is 299 g/mol. The van der Waals surface area contributed by atoms with Crippen LogP contribution in [0.1, 0.15) is 22.3 Å². The van der Waals surface area contributed by atoms with E-state index in [1.165, 1.54) is 11.8 Å². The number of aryl methyl sites for hydroxylation is 1. The van der Waals surface area contributed by atoms with Gasteiger partial charge < -0.3 is 10.4 Å². The third-order valence-corrected chi connectivity index (χ3v) is 4.91. The number of halogens is 1. The number of carboxylic acid groups (broad SMARTS) is 1. The van der Waals surface area contributed by atoms with Gasteiger partial charge in [0.15, 0.2) is 0 Å². The van der Waals surface area contributed by atoms with Gasteiger partial charge in [0.05, 0.1) is 10.6 Å². The van der Waals surface area contributed by atoms with Gasteiger partial charge in [0.1, 0.15) is 5.54 Å². The fraction of sp³-hybridized carbons (Fsp3) is 0.385. The lowest BCUT2D eigenvalue weighted by Gasteiger charge is -2.24. The third-order valence-electron chi connectivity index (χ3n) is 3.22. The molecule has 1 aromatic carbocycles. The zero-order chi connectivity index (χ0) is 14.0. The molecule has 1 aromatic rings. The van der Waals surface area contributed by atoms with Gasteiger partial charge in [-0.25, -0.2) is 4.79 Å². The van der Waals surface area contributed by atoms with E-state index in [2.05, 4.69) is 5.32 Å². The number of hydrogen-bond donors (Lipinski definition) is 2. The molecule has 2 N–H and O–H groups in total. The Morgan fingerprint density at radius 3 is 2.79 bits per heavy atom. The highest BCUT2D eigenvalue weighted by atomic mass is 35.5. The van der Waals surface area contributed by atoms with Gasteiger partial charge in [0.25, 0.3) is 5.91 Å². The number of amides is 1. The summed E-state index contributed by atoms with van der Waals surface area (Å²) >= 11 is 7.61. The zero-order valence-corrected chi connectivity index (χ0v) is 12.0. The SMILES string of the molecule is Cc1cccc(C(=O)NC2(C(=O)O)CCSC2)c1Cl. The lowest BCUT2D eigenvalue weighted by Crippen LogP contribution is -2.54. The number of thioether (sulfide) groups is 1. The molecule has 6 heteroatoms. The van der Waals surface area contributed by atoms with Gasteiger partial charge >= 0.3 is 5.97 Å². The van der Waals surface area contributed by atoms with Crippen molar-refractivity contribution in [2.24, 2.45) is 0 Å². The lowest BCUT2D eigenvalue weighted by molar-refractivity contribution is -0.143. The van der Waals surface area contributed by atoms with Crippen molar-refractivity contribution in [1.29, 1.82) is 0 Å². The van der Waals surface area contributed by atoms with Gasteiger partial charge in [0.2, 0.25) is 0 Å². The smallest absolute Gasteiger partial charge is 0.330 e. The van der Waals surface area contributed by atoms with Crippen LogP contribution in [0.25, 0.3) is 0 Å². The van der Waals surface area contributed by atoms with Gasteiger partial charge in [0, 0.05) is 5.75 Å². The van der Waals surface area contributed by atoms with Crippen LogP contribution in [-0.2, 0) is 4.79 Å². The van der Waals surface area contributed by atoms with Crippen LogP contribution in [0.4, 0.5) is 0 Å². The summed E-state index contributed by atoms with van der Waals surface area (Å²) < 4.78 is 0. The summed E-state index contributed by atoms with van der Waals surface area (Å²) in [7, 11) is 0. The number of carboxylic acids is 1. The van der Waals surface area contributed by atoms with Crippen LogP contribution in [0.2, 0.25) is 5.02 Å². The number of carbonyl (C=O) groups is 2. The van der Waals surface area contributed by atoms with Crippen molar-refractivity contribution < 1.29 is 14.7 Å². The molecule has 0 spiro atoms. The standard InChI is InChI=1S/C13H14ClNO3S/c1-8-3-2-4-9(10(8)14)11(16)15-13(12(17)18)5-6-19-7-13/h2-4H,5-7H2,1H3,(H,15,16)(H,17,18). The molecule has 0 saturated carbocycles. The van der Waals surface area contributed by atoms with Gasteiger partial charge in [-0.1, -0.05) is 23.7 Å². The molecule has 0 aromatic heterocycles. The average Bonchev–Trinajstić information content (AvgIpc) is 2.82. The largest absolute Gasteiger partial charge is 0.479 e. The Morgan fingerprint density at radius 2 is 2.21 bits per heavy atom. The van der Waals surface area contributed by atoms with E-state index in [0.717, 1.165) is 11.3 Å². The molecule has 1 amide bonds. The predicted molar refractivity (Wildman–Crippen MR) is 76.0 cm³/mol. The molecule has 19 heavy (non-hydrogen) atoms. The fourth-order valence-electron chi connectivity index (χ4n) is 1.99. The summed E-state index contributed by atoms with van der Waals surface area (Å²) in [5, 5.41) is 12.3. The molecule has 1 heterocycles. The summed E-state index contributed by atoms with van der Waals surface area (Å²) in [4.78, 5) is 23.6. The summed E-state index contributed by atoms with van der Waals surface area (Å²) in [6.45, 7) is 1.80. The van der Waals surface area contributed by atoms with Crippen molar-refractivity contribution in [3.63, 3.8) is 0 Å². The first kappa shape index (κ1) is 14.2. The van der Waals surface area contributed by atoms with Crippen molar-refractivity contribution >= 4 is 35.2 Å². The maximum absolute atomic E-state index is 12.2. The normalized spacial score (nSPS) is 22.2. The molecule has 1 aliphatic rings. The molecule has 102 valence electrons. The van der Waals surface area contributed by atoms with Crippen molar-refractivity contribution in [2.75, 3.05) is 11.5 Å². The fourth-order valence-corrected chi connectivity index (χ4v) is 3.53. The van der Waals surface area contributed by atoms with E-state index >= 15 is 0 Å². The Labute approximate surface area is 120 Å². The number of rotatable bonds is 3. The van der Waals surface area contributed by atoms with E-state index in [0.29, 0.717) is 22.8 Å². The van der Waals surface area contributed by atoms with Crippen molar-refractivity contribution in [3.05, 3.63) is 34.3 Å². The minimum Gasteiger partial charge on any atom is -0.479 e. The summed E-state index contributed by atoms with van der Waals surface area (Å²) in [5.74, 6) is -0.306. The van der Waals surface area contributed by atoms with E-state index < -0.39 is 17.4 Å². The first-order chi connectivity index (χ1) is 8.96. The first-order valence-corrected chi connectivity index (χ1v) is 7.38. The number of benzene rings is 1. The van der Waals surface area contributed by atoms with Crippen LogP contribution >= 0.6 is 23.4 Å². The molecule has 0 aliphatic carbocycles. The molecule has 0 bridgehead atoms. The molecule has 4 nitrogen and oxygen atoms in total. The van der Waals surface area contributed by atoms with Crippen LogP contribution in [-0.4, -0.2) is 34.0 Å². The van der Waals surface area contributed by atoms with E-state index in [1.807, 2.05) is 0 Å². The van der Waals surface area contributed by atoms with Gasteiger partial charge in [-0.15, -0.1) is 0 Å². The van der Waals surface area contributed by atoms with Gasteiger partial charge in [-0.05, 0) is 30.7 Å². The van der Waals surface area contributed by atoms with Crippen molar-refractivity contribution in [1.82, 2.24) is 5.32 Å². The lowest BCUT2D eigenvalue weighted by atomic mass is 9.98. The van der Waals surface area contributed by atoms with Crippen LogP contribution in [0.5, 0.6) is 0 Å². The highest BCUT2D eigenvalue weighted by Gasteiger charge is 2.43. The molecule has 2 rings (SSSR count). The molecule has 1 saturated heterocycles. The topological polar surface area (TPSA) is 66.4 Å². The molecule has 1 atom stereocenters. The van der Waals surface area contributed by atoms with E-state index in [9.17, 15) is 14.7 Å². The second kappa shape index (κ2) is 5.43. The van der Waals surface area contributed by atoms with Crippen LogP contribution in [0.15, 0.2) is 18.2 Å². The van der Waals surface area contributed by atoms with Crippen LogP contribution < -0.4 is 5.32 Å². The quantitative estimate of drug-likeness (QED) is 0.899. The van der Waals surface area contributed by atoms with Crippen molar-refractivity contribution in [2.45, 2.75) is 18.9 Å². The van der Waals surface area contributed by atoms with Gasteiger partial charge in [-0.3, -0.25) is 4.79 Å². The minimum absolute atomic E-state index is 0.319. The van der Waals surface area contributed by atoms with E-state index in [4.69, 9.17) is 11.6 Å². The summed E-state index contributed by atoms with van der Waals surface area (Å²) in [6.07, 6.45) is 0.433. The Hall–Kier alpha value is -1.20. The Balaban J connectivity index is 2.25. The predicted octanol–water partition coefficient (Wildman–Crippen LogP) is 2.34. The highest BCUT2D eigenvalue weighted by molar-refractivity contribution is 7.99. The van der Waals surface area contributed by atoms with Crippen LogP contribution in [0.3, 0.4) is 0 Å². The first-order valence-electron chi connectivity index (χ1n) is 5.85. The maximum atomic E-state index is 12.2. The Bertz CT molecular complexity index is 527. The van der Waals surface area contributed by atoms with Crippen LogP contribution in [0, 0.1) is 6.92 Å². The van der Waals surface area contributed by atoms with E-state index in [-0.39, 0.29) is 0 Å². The minimum atomic E-state index is -1.17. The second-order valence-corrected chi connectivity index (χ2v) is 6.06. The van der Waals surface area contributed by atoms with Crippen molar-refractivity contribution in [3.8, 4) is 0 Å². The molecule has 1 aliphatic heterocycles. The number of hydrogen-bond acceptors (Lipinski definition) is 3. The molecule has 0 radical (unpaired) electrons. The van der Waals surface area contributed by atoms with E-state index in [1.54, 1.807) is 25.1 Å². The number of aliphatic carboxylic acids is 1. The average molecular weight is 300 g/mol.